The number of anilines is 1. The van der Waals surface area contributed by atoms with E-state index < -0.39 is 0 Å². The van der Waals surface area contributed by atoms with E-state index in [1.807, 2.05) is 25.1 Å². The molecular weight excluding hydrogens is 367 g/mol. The highest BCUT2D eigenvalue weighted by Crippen LogP contribution is 2.29. The molecule has 0 bridgehead atoms. The summed E-state index contributed by atoms with van der Waals surface area (Å²) >= 11 is 0. The van der Waals surface area contributed by atoms with E-state index in [9.17, 15) is 9.18 Å². The van der Waals surface area contributed by atoms with E-state index in [1.54, 1.807) is 30.6 Å². The number of amides is 1. The zero-order chi connectivity index (χ0) is 20.2. The van der Waals surface area contributed by atoms with Crippen LogP contribution in [0.2, 0.25) is 0 Å². The number of halogens is 1. The highest BCUT2D eigenvalue weighted by Gasteiger charge is 2.19. The van der Waals surface area contributed by atoms with Gasteiger partial charge < -0.3 is 10.2 Å². The number of nitrogens with one attached hydrogen (secondary N) is 1. The van der Waals surface area contributed by atoms with Crippen LogP contribution in [-0.4, -0.2) is 29.0 Å². The van der Waals surface area contributed by atoms with Crippen molar-refractivity contribution in [1.82, 2.24) is 15.3 Å². The Bertz CT molecular complexity index is 1000. The summed E-state index contributed by atoms with van der Waals surface area (Å²) in [6, 6.07) is 13.3. The van der Waals surface area contributed by atoms with E-state index in [2.05, 4.69) is 20.2 Å². The smallest absolute Gasteiger partial charge is 0.251 e. The zero-order valence-electron chi connectivity index (χ0n) is 16.3. The summed E-state index contributed by atoms with van der Waals surface area (Å²) < 4.78 is 13.1. The van der Waals surface area contributed by atoms with E-state index in [4.69, 9.17) is 0 Å². The molecule has 4 rings (SSSR count). The van der Waals surface area contributed by atoms with Gasteiger partial charge in [0.25, 0.3) is 5.91 Å². The van der Waals surface area contributed by atoms with Crippen LogP contribution >= 0.6 is 0 Å². The number of aromatic nitrogens is 2. The van der Waals surface area contributed by atoms with Gasteiger partial charge in [0, 0.05) is 36.6 Å². The van der Waals surface area contributed by atoms with Crippen molar-refractivity contribution in [2.45, 2.75) is 25.8 Å². The van der Waals surface area contributed by atoms with Crippen LogP contribution in [0, 0.1) is 5.82 Å². The largest absolute Gasteiger partial charge is 0.355 e. The molecule has 3 aromatic rings. The molecule has 1 unspecified atom stereocenters. The van der Waals surface area contributed by atoms with E-state index >= 15 is 0 Å². The Hall–Kier alpha value is -3.28. The van der Waals surface area contributed by atoms with E-state index in [0.29, 0.717) is 5.56 Å². The van der Waals surface area contributed by atoms with Crippen LogP contribution in [0.1, 0.15) is 41.7 Å². The van der Waals surface area contributed by atoms with Gasteiger partial charge in [-0.15, -0.1) is 0 Å². The fourth-order valence-corrected chi connectivity index (χ4v) is 3.62. The van der Waals surface area contributed by atoms with Crippen molar-refractivity contribution < 1.29 is 9.18 Å². The molecule has 1 fully saturated rings. The molecule has 1 atom stereocenters. The van der Waals surface area contributed by atoms with Crippen molar-refractivity contribution in [3.05, 3.63) is 77.9 Å². The summed E-state index contributed by atoms with van der Waals surface area (Å²) in [7, 11) is 0. The maximum absolute atomic E-state index is 13.1. The highest BCUT2D eigenvalue weighted by atomic mass is 19.1. The van der Waals surface area contributed by atoms with Gasteiger partial charge in [-0.25, -0.2) is 9.37 Å². The normalized spacial score (nSPS) is 14.6. The standard InChI is InChI=1S/C23H23FN4O/c1-16(17-7-9-20(24)10-8-17)27-23(29)19-6-4-5-18(15-19)21-22(26-12-11-25-21)28-13-2-3-14-28/h4-12,15-16H,2-3,13-14H2,1H3,(H,27,29). The molecule has 0 radical (unpaired) electrons. The predicted octanol–water partition coefficient (Wildman–Crippen LogP) is 4.37. The molecule has 1 amide bonds. The van der Waals surface area contributed by atoms with E-state index in [1.165, 1.54) is 12.1 Å². The second-order valence-corrected chi connectivity index (χ2v) is 7.25. The molecule has 1 N–H and O–H groups in total. The van der Waals surface area contributed by atoms with Crippen LogP contribution in [0.25, 0.3) is 11.3 Å². The van der Waals surface area contributed by atoms with Gasteiger partial charge in [-0.05, 0) is 49.6 Å². The van der Waals surface area contributed by atoms with E-state index in [-0.39, 0.29) is 17.8 Å². The summed E-state index contributed by atoms with van der Waals surface area (Å²) in [5, 5.41) is 2.97. The van der Waals surface area contributed by atoms with Gasteiger partial charge in [-0.1, -0.05) is 24.3 Å². The maximum Gasteiger partial charge on any atom is 0.251 e. The second-order valence-electron chi connectivity index (χ2n) is 7.25. The lowest BCUT2D eigenvalue weighted by molar-refractivity contribution is 0.0940. The number of benzene rings is 2. The summed E-state index contributed by atoms with van der Waals surface area (Å²) in [4.78, 5) is 24.1. The second kappa shape index (κ2) is 8.39. The lowest BCUT2D eigenvalue weighted by Gasteiger charge is -2.19. The SMILES string of the molecule is CC(NC(=O)c1cccc(-c2nccnc2N2CCCC2)c1)c1ccc(F)cc1. The number of hydrogen-bond acceptors (Lipinski definition) is 4. The summed E-state index contributed by atoms with van der Waals surface area (Å²) in [6.07, 6.45) is 5.69. The van der Waals surface area contributed by atoms with Crippen molar-refractivity contribution in [3.63, 3.8) is 0 Å². The molecule has 0 saturated carbocycles. The molecule has 0 spiro atoms. The molecule has 1 saturated heterocycles. The summed E-state index contributed by atoms with van der Waals surface area (Å²) in [6.45, 7) is 3.82. The molecular formula is C23H23FN4O. The summed E-state index contributed by atoms with van der Waals surface area (Å²) in [5.41, 5.74) is 3.05. The maximum atomic E-state index is 13.1. The van der Waals surface area contributed by atoms with Crippen LogP contribution in [0.4, 0.5) is 10.2 Å². The van der Waals surface area contributed by atoms with Gasteiger partial charge in [0.2, 0.25) is 0 Å². The van der Waals surface area contributed by atoms with Crippen molar-refractivity contribution in [2.24, 2.45) is 0 Å². The number of carbonyl (C=O) groups is 1. The Morgan fingerprint density at radius 3 is 2.55 bits per heavy atom. The minimum Gasteiger partial charge on any atom is -0.355 e. The molecule has 1 aliphatic heterocycles. The molecule has 29 heavy (non-hydrogen) atoms. The first-order chi connectivity index (χ1) is 14.1. The van der Waals surface area contributed by atoms with Crippen LogP contribution in [0.5, 0.6) is 0 Å². The molecule has 5 nitrogen and oxygen atoms in total. The third-order valence-corrected chi connectivity index (χ3v) is 5.20. The molecule has 1 aromatic heterocycles. The van der Waals surface area contributed by atoms with Crippen molar-refractivity contribution in [3.8, 4) is 11.3 Å². The monoisotopic (exact) mass is 390 g/mol. The molecule has 2 aromatic carbocycles. The number of carbonyl (C=O) groups excluding carboxylic acids is 1. The van der Waals surface area contributed by atoms with Crippen LogP contribution < -0.4 is 10.2 Å². The first-order valence-corrected chi connectivity index (χ1v) is 9.84. The molecule has 1 aliphatic rings. The third kappa shape index (κ3) is 4.26. The Kier molecular flexibility index (Phi) is 5.51. The molecule has 0 aliphatic carbocycles. The minimum absolute atomic E-state index is 0.185. The van der Waals surface area contributed by atoms with E-state index in [0.717, 1.165) is 48.6 Å². The topological polar surface area (TPSA) is 58.1 Å². The lowest BCUT2D eigenvalue weighted by atomic mass is 10.1. The van der Waals surface area contributed by atoms with Gasteiger partial charge in [0.05, 0.1) is 6.04 Å². The van der Waals surface area contributed by atoms with Gasteiger partial charge in [-0.3, -0.25) is 9.78 Å². The lowest BCUT2D eigenvalue weighted by Crippen LogP contribution is -2.26. The summed E-state index contributed by atoms with van der Waals surface area (Å²) in [5.74, 6) is 0.385. The highest BCUT2D eigenvalue weighted by molar-refractivity contribution is 5.96. The fourth-order valence-electron chi connectivity index (χ4n) is 3.62. The van der Waals surface area contributed by atoms with Crippen LogP contribution in [-0.2, 0) is 0 Å². The predicted molar refractivity (Wildman–Crippen MR) is 111 cm³/mol. The Morgan fingerprint density at radius 1 is 1.07 bits per heavy atom. The molecule has 148 valence electrons. The third-order valence-electron chi connectivity index (χ3n) is 5.20. The average molecular weight is 390 g/mol. The average Bonchev–Trinajstić information content (AvgIpc) is 3.29. The Morgan fingerprint density at radius 2 is 1.79 bits per heavy atom. The van der Waals surface area contributed by atoms with Crippen molar-refractivity contribution in [1.29, 1.82) is 0 Å². The van der Waals surface area contributed by atoms with Gasteiger partial charge in [0.1, 0.15) is 11.5 Å². The molecule has 6 heteroatoms. The Balaban J connectivity index is 1.56. The quantitative estimate of drug-likeness (QED) is 0.703. The van der Waals surface area contributed by atoms with Gasteiger partial charge in [-0.2, -0.15) is 0 Å². The first kappa shape index (κ1) is 19.1. The first-order valence-electron chi connectivity index (χ1n) is 9.84. The number of rotatable bonds is 5. The number of nitrogens with zero attached hydrogens (tertiary/aromatic N) is 3. The number of hydrogen-bond donors (Lipinski definition) is 1. The van der Waals surface area contributed by atoms with Crippen LogP contribution in [0.3, 0.4) is 0 Å². The minimum atomic E-state index is -0.294. The fraction of sp³-hybridized carbons (Fsp3) is 0.261. The zero-order valence-corrected chi connectivity index (χ0v) is 16.3. The van der Waals surface area contributed by atoms with Crippen molar-refractivity contribution >= 4 is 11.7 Å². The van der Waals surface area contributed by atoms with Gasteiger partial charge >= 0.3 is 0 Å². The van der Waals surface area contributed by atoms with Gasteiger partial charge in [0.15, 0.2) is 5.82 Å². The molecule has 2 heterocycles. The Labute approximate surface area is 169 Å². The van der Waals surface area contributed by atoms with Crippen molar-refractivity contribution in [2.75, 3.05) is 18.0 Å². The van der Waals surface area contributed by atoms with Crippen LogP contribution in [0.15, 0.2) is 60.9 Å².